The maximum atomic E-state index is 12.4. The molecule has 3 heterocycles. The number of likely N-dealkylation sites (tertiary alicyclic amines) is 1. The van der Waals surface area contributed by atoms with E-state index in [-0.39, 0.29) is 11.9 Å². The number of nitrogens with zero attached hydrogens (tertiary/aromatic N) is 3. The van der Waals surface area contributed by atoms with Crippen LogP contribution in [-0.2, 0) is 4.74 Å². The Morgan fingerprint density at radius 2 is 2.25 bits per heavy atom. The number of nitrogens with one attached hydrogen (secondary N) is 1. The second kappa shape index (κ2) is 7.51. The summed E-state index contributed by atoms with van der Waals surface area (Å²) in [4.78, 5) is 18.5. The maximum Gasteiger partial charge on any atom is 0.317 e. The molecule has 2 saturated heterocycles. The third kappa shape index (κ3) is 4.06. The number of carbonyl (C=O) groups is 1. The summed E-state index contributed by atoms with van der Waals surface area (Å²) < 4.78 is 11.0. The highest BCUT2D eigenvalue weighted by atomic mass is 16.5. The van der Waals surface area contributed by atoms with Crippen molar-refractivity contribution in [3.05, 3.63) is 11.7 Å². The summed E-state index contributed by atoms with van der Waals surface area (Å²) in [6, 6.07) is 0.0151. The molecule has 0 radical (unpaired) electrons. The number of ether oxygens (including phenoxy) is 1. The van der Waals surface area contributed by atoms with Crippen LogP contribution in [0, 0.1) is 18.8 Å². The summed E-state index contributed by atoms with van der Waals surface area (Å²) >= 11 is 0. The van der Waals surface area contributed by atoms with Gasteiger partial charge in [0.25, 0.3) is 0 Å². The van der Waals surface area contributed by atoms with Gasteiger partial charge in [-0.25, -0.2) is 4.79 Å². The average molecular weight is 336 g/mol. The monoisotopic (exact) mass is 336 g/mol. The lowest BCUT2D eigenvalue weighted by Crippen LogP contribution is -2.42. The predicted molar refractivity (Wildman–Crippen MR) is 88.7 cm³/mol. The van der Waals surface area contributed by atoms with Gasteiger partial charge in [0.15, 0.2) is 5.82 Å². The van der Waals surface area contributed by atoms with Gasteiger partial charge >= 0.3 is 6.03 Å². The highest BCUT2D eigenvalue weighted by Crippen LogP contribution is 2.27. The fourth-order valence-corrected chi connectivity index (χ4v) is 3.52. The smallest absolute Gasteiger partial charge is 0.317 e. The van der Waals surface area contributed by atoms with Gasteiger partial charge in [-0.05, 0) is 38.0 Å². The summed E-state index contributed by atoms with van der Waals surface area (Å²) in [5, 5.41) is 6.93. The highest BCUT2D eigenvalue weighted by Gasteiger charge is 2.31. The van der Waals surface area contributed by atoms with Crippen molar-refractivity contribution in [1.29, 1.82) is 0 Å². The third-order valence-electron chi connectivity index (χ3n) is 5.08. The van der Waals surface area contributed by atoms with Crippen LogP contribution < -0.4 is 5.32 Å². The molecule has 0 saturated carbocycles. The SMILES string of the molecule is Cc1noc(C2CCN(C(=O)NCC3CCOC(C(C)C)C3)C2)n1. The van der Waals surface area contributed by atoms with E-state index in [2.05, 4.69) is 29.3 Å². The Hall–Kier alpha value is -1.63. The van der Waals surface area contributed by atoms with E-state index in [1.165, 1.54) is 0 Å². The Kier molecular flexibility index (Phi) is 5.38. The Labute approximate surface area is 143 Å². The van der Waals surface area contributed by atoms with E-state index in [1.54, 1.807) is 0 Å². The predicted octanol–water partition coefficient (Wildman–Crippen LogP) is 2.33. The van der Waals surface area contributed by atoms with Crippen molar-refractivity contribution in [2.75, 3.05) is 26.2 Å². The molecule has 3 unspecified atom stereocenters. The third-order valence-corrected chi connectivity index (χ3v) is 5.08. The van der Waals surface area contributed by atoms with Crippen molar-refractivity contribution >= 4 is 6.03 Å². The van der Waals surface area contributed by atoms with Crippen LogP contribution >= 0.6 is 0 Å². The van der Waals surface area contributed by atoms with Crippen molar-refractivity contribution in [1.82, 2.24) is 20.4 Å². The first-order valence-electron chi connectivity index (χ1n) is 8.97. The molecule has 24 heavy (non-hydrogen) atoms. The minimum absolute atomic E-state index is 0.0151. The molecule has 1 aromatic rings. The van der Waals surface area contributed by atoms with Crippen molar-refractivity contribution in [2.45, 2.75) is 52.1 Å². The molecular formula is C17H28N4O3. The van der Waals surface area contributed by atoms with Gasteiger partial charge in [0.2, 0.25) is 5.89 Å². The Morgan fingerprint density at radius 3 is 2.96 bits per heavy atom. The normalized spacial score (nSPS) is 27.7. The molecule has 2 fully saturated rings. The summed E-state index contributed by atoms with van der Waals surface area (Å²) in [5.41, 5.74) is 0. The number of rotatable bonds is 4. The highest BCUT2D eigenvalue weighted by molar-refractivity contribution is 5.74. The van der Waals surface area contributed by atoms with Gasteiger partial charge in [0.05, 0.1) is 12.0 Å². The van der Waals surface area contributed by atoms with E-state index < -0.39 is 0 Å². The average Bonchev–Trinajstić information content (AvgIpc) is 3.21. The van der Waals surface area contributed by atoms with Gasteiger partial charge in [-0.3, -0.25) is 0 Å². The Bertz CT molecular complexity index is 560. The van der Waals surface area contributed by atoms with Gasteiger partial charge in [-0.1, -0.05) is 19.0 Å². The number of aryl methyl sites for hydroxylation is 1. The lowest BCUT2D eigenvalue weighted by Gasteiger charge is -2.32. The Morgan fingerprint density at radius 1 is 1.42 bits per heavy atom. The van der Waals surface area contributed by atoms with Gasteiger partial charge in [-0.2, -0.15) is 4.98 Å². The minimum Gasteiger partial charge on any atom is -0.378 e. The number of aromatic nitrogens is 2. The van der Waals surface area contributed by atoms with Crippen LogP contribution in [0.2, 0.25) is 0 Å². The minimum atomic E-state index is 0.0151. The molecule has 0 spiro atoms. The van der Waals surface area contributed by atoms with Crippen LogP contribution in [0.3, 0.4) is 0 Å². The lowest BCUT2D eigenvalue weighted by molar-refractivity contribution is -0.0332. The fraction of sp³-hybridized carbons (Fsp3) is 0.824. The molecule has 0 aromatic carbocycles. The number of carbonyl (C=O) groups excluding carboxylic acids is 1. The molecule has 3 rings (SSSR count). The molecule has 7 nitrogen and oxygen atoms in total. The topological polar surface area (TPSA) is 80.5 Å². The molecule has 0 bridgehead atoms. The van der Waals surface area contributed by atoms with E-state index in [4.69, 9.17) is 9.26 Å². The quantitative estimate of drug-likeness (QED) is 0.913. The molecule has 1 aromatic heterocycles. The van der Waals surface area contributed by atoms with E-state index in [0.717, 1.165) is 39.0 Å². The second-order valence-corrected chi connectivity index (χ2v) is 7.34. The second-order valence-electron chi connectivity index (χ2n) is 7.34. The molecule has 0 aliphatic carbocycles. The maximum absolute atomic E-state index is 12.4. The number of urea groups is 1. The first-order chi connectivity index (χ1) is 11.5. The zero-order chi connectivity index (χ0) is 17.1. The van der Waals surface area contributed by atoms with Crippen LogP contribution in [0.1, 0.15) is 50.7 Å². The van der Waals surface area contributed by atoms with E-state index in [0.29, 0.717) is 36.2 Å². The molecule has 3 atom stereocenters. The van der Waals surface area contributed by atoms with Crippen molar-refractivity contribution in [2.24, 2.45) is 11.8 Å². The number of hydrogen-bond donors (Lipinski definition) is 1. The van der Waals surface area contributed by atoms with Crippen LogP contribution in [0.5, 0.6) is 0 Å². The summed E-state index contributed by atoms with van der Waals surface area (Å²) in [6.07, 6.45) is 3.24. The van der Waals surface area contributed by atoms with Crippen molar-refractivity contribution in [3.63, 3.8) is 0 Å². The molecule has 2 amide bonds. The molecule has 134 valence electrons. The van der Waals surface area contributed by atoms with Gasteiger partial charge < -0.3 is 19.5 Å². The summed E-state index contributed by atoms with van der Waals surface area (Å²) in [5.74, 6) is 2.48. The first-order valence-corrected chi connectivity index (χ1v) is 8.97. The number of amides is 2. The standard InChI is InChI=1S/C17H28N4O3/c1-11(2)15-8-13(5-7-23-15)9-18-17(22)21-6-4-14(10-21)16-19-12(3)20-24-16/h11,13-15H,4-10H2,1-3H3,(H,18,22). The zero-order valence-corrected chi connectivity index (χ0v) is 14.8. The molecule has 2 aliphatic heterocycles. The van der Waals surface area contributed by atoms with Crippen LogP contribution in [0.15, 0.2) is 4.52 Å². The van der Waals surface area contributed by atoms with Gasteiger partial charge in [0.1, 0.15) is 0 Å². The van der Waals surface area contributed by atoms with Crippen LogP contribution in [0.4, 0.5) is 4.79 Å². The van der Waals surface area contributed by atoms with Crippen molar-refractivity contribution < 1.29 is 14.1 Å². The van der Waals surface area contributed by atoms with Gasteiger partial charge in [0, 0.05) is 26.2 Å². The van der Waals surface area contributed by atoms with E-state index in [9.17, 15) is 4.79 Å². The molecule has 1 N–H and O–H groups in total. The lowest BCUT2D eigenvalue weighted by atomic mass is 9.90. The zero-order valence-electron chi connectivity index (χ0n) is 14.8. The van der Waals surface area contributed by atoms with E-state index in [1.807, 2.05) is 11.8 Å². The van der Waals surface area contributed by atoms with Crippen LogP contribution in [0.25, 0.3) is 0 Å². The summed E-state index contributed by atoms with van der Waals surface area (Å²) in [7, 11) is 0. The molecule has 2 aliphatic rings. The molecule has 7 heteroatoms. The van der Waals surface area contributed by atoms with Crippen molar-refractivity contribution in [3.8, 4) is 0 Å². The largest absolute Gasteiger partial charge is 0.378 e. The fourth-order valence-electron chi connectivity index (χ4n) is 3.52. The summed E-state index contributed by atoms with van der Waals surface area (Å²) in [6.45, 7) is 9.10. The van der Waals surface area contributed by atoms with Gasteiger partial charge in [-0.15, -0.1) is 0 Å². The molecular weight excluding hydrogens is 308 g/mol. The van der Waals surface area contributed by atoms with Crippen LogP contribution in [-0.4, -0.2) is 53.4 Å². The number of hydrogen-bond acceptors (Lipinski definition) is 5. The first kappa shape index (κ1) is 17.2. The van der Waals surface area contributed by atoms with E-state index >= 15 is 0 Å². The Balaban J connectivity index is 1.44.